The van der Waals surface area contributed by atoms with Crippen molar-refractivity contribution in [3.63, 3.8) is 0 Å². The topological polar surface area (TPSA) is 38.3 Å². The van der Waals surface area contributed by atoms with Gasteiger partial charge in [0.25, 0.3) is 5.91 Å². The first-order chi connectivity index (χ1) is 11.3. The minimum Gasteiger partial charge on any atom is -0.494 e. The number of rotatable bonds is 5. The number of nitrogens with one attached hydrogen (secondary N) is 1. The van der Waals surface area contributed by atoms with Crippen LogP contribution in [0.5, 0.6) is 5.75 Å². The van der Waals surface area contributed by atoms with Crippen molar-refractivity contribution in [2.24, 2.45) is 0 Å². The van der Waals surface area contributed by atoms with Gasteiger partial charge in [-0.05, 0) is 55.8 Å². The number of benzene rings is 2. The van der Waals surface area contributed by atoms with Gasteiger partial charge in [0.1, 0.15) is 5.75 Å². The average Bonchev–Trinajstić information content (AvgIpc) is 2.55. The van der Waals surface area contributed by atoms with Gasteiger partial charge in [0, 0.05) is 5.56 Å². The van der Waals surface area contributed by atoms with E-state index in [1.165, 1.54) is 12.1 Å². The van der Waals surface area contributed by atoms with Gasteiger partial charge in [-0.1, -0.05) is 12.1 Å². The molecule has 1 N–H and O–H groups in total. The first-order valence-corrected chi connectivity index (χ1v) is 7.52. The van der Waals surface area contributed by atoms with Crippen LogP contribution in [0.15, 0.2) is 48.5 Å². The van der Waals surface area contributed by atoms with Crippen LogP contribution in [0.2, 0.25) is 0 Å². The molecule has 2 aromatic carbocycles. The van der Waals surface area contributed by atoms with E-state index in [0.717, 1.165) is 23.4 Å². The van der Waals surface area contributed by atoms with Crippen molar-refractivity contribution in [3.05, 3.63) is 65.2 Å². The third-order valence-corrected chi connectivity index (χ3v) is 3.51. The Morgan fingerprint density at radius 2 is 1.67 bits per heavy atom. The predicted molar refractivity (Wildman–Crippen MR) is 84.9 cm³/mol. The molecule has 0 spiro atoms. The van der Waals surface area contributed by atoms with Crippen molar-refractivity contribution in [2.75, 3.05) is 6.61 Å². The largest absolute Gasteiger partial charge is 0.494 e. The van der Waals surface area contributed by atoms with E-state index in [-0.39, 0.29) is 11.6 Å². The Hall–Kier alpha value is -2.50. The first kappa shape index (κ1) is 17.8. The summed E-state index contributed by atoms with van der Waals surface area (Å²) in [5.41, 5.74) is 0.276. The number of amides is 1. The molecule has 0 radical (unpaired) electrons. The van der Waals surface area contributed by atoms with Crippen molar-refractivity contribution >= 4 is 5.91 Å². The molecule has 0 saturated heterocycles. The van der Waals surface area contributed by atoms with Crippen molar-refractivity contribution in [2.45, 2.75) is 26.1 Å². The molecule has 0 heterocycles. The van der Waals surface area contributed by atoms with Crippen LogP contribution in [0.3, 0.4) is 0 Å². The Balaban J connectivity index is 2.03. The summed E-state index contributed by atoms with van der Waals surface area (Å²) in [5.74, 6) is 0.313. The highest BCUT2D eigenvalue weighted by atomic mass is 19.4. The molecule has 0 aliphatic rings. The summed E-state index contributed by atoms with van der Waals surface area (Å²) in [6.07, 6.45) is -4.41. The van der Waals surface area contributed by atoms with Gasteiger partial charge in [-0.3, -0.25) is 4.79 Å². The Morgan fingerprint density at radius 1 is 1.08 bits per heavy atom. The molecule has 6 heteroatoms. The molecular formula is C18H18F3NO2. The van der Waals surface area contributed by atoms with Crippen LogP contribution >= 0.6 is 0 Å². The molecule has 3 nitrogen and oxygen atoms in total. The van der Waals surface area contributed by atoms with Crippen LogP contribution in [0.25, 0.3) is 0 Å². The minimum absolute atomic E-state index is 0.181. The first-order valence-electron chi connectivity index (χ1n) is 7.52. The van der Waals surface area contributed by atoms with Crippen LogP contribution in [0.1, 0.15) is 41.4 Å². The molecule has 2 rings (SSSR count). The monoisotopic (exact) mass is 337 g/mol. The second-order valence-corrected chi connectivity index (χ2v) is 5.27. The quantitative estimate of drug-likeness (QED) is 0.866. The lowest BCUT2D eigenvalue weighted by Gasteiger charge is -2.15. The molecule has 128 valence electrons. The lowest BCUT2D eigenvalue weighted by atomic mass is 10.1. The van der Waals surface area contributed by atoms with Crippen LogP contribution < -0.4 is 10.1 Å². The standard InChI is InChI=1S/C18H18F3NO2/c1-3-24-16-10-6-13(7-11-16)12(2)22-17(23)14-4-8-15(9-5-14)18(19,20)21/h4-12H,3H2,1-2H3,(H,22,23)/t12-/m1/s1. The molecule has 0 unspecified atom stereocenters. The van der Waals surface area contributed by atoms with Gasteiger partial charge < -0.3 is 10.1 Å². The number of hydrogen-bond acceptors (Lipinski definition) is 2. The summed E-state index contributed by atoms with van der Waals surface area (Å²) in [6, 6.07) is 11.1. The third kappa shape index (κ3) is 4.50. The second-order valence-electron chi connectivity index (χ2n) is 5.27. The Morgan fingerprint density at radius 3 is 2.17 bits per heavy atom. The molecule has 0 bridgehead atoms. The van der Waals surface area contributed by atoms with E-state index in [1.807, 2.05) is 19.1 Å². The summed E-state index contributed by atoms with van der Waals surface area (Å²) < 4.78 is 42.9. The highest BCUT2D eigenvalue weighted by Gasteiger charge is 2.30. The van der Waals surface area contributed by atoms with Crippen molar-refractivity contribution in [1.82, 2.24) is 5.32 Å². The van der Waals surface area contributed by atoms with Gasteiger partial charge in [-0.25, -0.2) is 0 Å². The van der Waals surface area contributed by atoms with Crippen molar-refractivity contribution in [3.8, 4) is 5.75 Å². The molecule has 0 aliphatic heterocycles. The van der Waals surface area contributed by atoms with E-state index >= 15 is 0 Å². The average molecular weight is 337 g/mol. The van der Waals surface area contributed by atoms with E-state index < -0.39 is 17.6 Å². The molecule has 0 saturated carbocycles. The Bertz CT molecular complexity index is 679. The molecule has 0 fully saturated rings. The van der Waals surface area contributed by atoms with Crippen LogP contribution in [-0.2, 0) is 6.18 Å². The Kier molecular flexibility index (Phi) is 5.49. The van der Waals surface area contributed by atoms with E-state index in [4.69, 9.17) is 4.74 Å². The zero-order valence-electron chi connectivity index (χ0n) is 13.4. The van der Waals surface area contributed by atoms with E-state index in [2.05, 4.69) is 5.32 Å². The lowest BCUT2D eigenvalue weighted by Crippen LogP contribution is -2.26. The third-order valence-electron chi connectivity index (χ3n) is 3.51. The fourth-order valence-corrected chi connectivity index (χ4v) is 2.19. The second kappa shape index (κ2) is 7.38. The lowest BCUT2D eigenvalue weighted by molar-refractivity contribution is -0.137. The number of alkyl halides is 3. The normalized spacial score (nSPS) is 12.5. The van der Waals surface area contributed by atoms with E-state index in [0.29, 0.717) is 6.61 Å². The van der Waals surface area contributed by atoms with E-state index in [1.54, 1.807) is 19.1 Å². The molecule has 1 atom stereocenters. The van der Waals surface area contributed by atoms with Gasteiger partial charge >= 0.3 is 6.18 Å². The molecule has 0 aliphatic carbocycles. The van der Waals surface area contributed by atoms with Crippen molar-refractivity contribution < 1.29 is 22.7 Å². The highest BCUT2D eigenvalue weighted by molar-refractivity contribution is 5.94. The van der Waals surface area contributed by atoms with Gasteiger partial charge in [0.15, 0.2) is 0 Å². The van der Waals surface area contributed by atoms with E-state index in [9.17, 15) is 18.0 Å². The molecule has 24 heavy (non-hydrogen) atoms. The van der Waals surface area contributed by atoms with Gasteiger partial charge in [-0.15, -0.1) is 0 Å². The maximum atomic E-state index is 12.5. The van der Waals surface area contributed by atoms with Gasteiger partial charge in [0.05, 0.1) is 18.2 Å². The van der Waals surface area contributed by atoms with Gasteiger partial charge in [-0.2, -0.15) is 13.2 Å². The fraction of sp³-hybridized carbons (Fsp3) is 0.278. The number of carbonyl (C=O) groups is 1. The van der Waals surface area contributed by atoms with Crippen LogP contribution in [-0.4, -0.2) is 12.5 Å². The van der Waals surface area contributed by atoms with Crippen molar-refractivity contribution in [1.29, 1.82) is 0 Å². The summed E-state index contributed by atoms with van der Waals surface area (Å²) in [7, 11) is 0. The number of halogens is 3. The summed E-state index contributed by atoms with van der Waals surface area (Å²) in [4.78, 5) is 12.1. The number of ether oxygens (including phenoxy) is 1. The summed E-state index contributed by atoms with van der Waals surface area (Å²) >= 11 is 0. The molecule has 1 amide bonds. The summed E-state index contributed by atoms with van der Waals surface area (Å²) in [5, 5.41) is 2.76. The SMILES string of the molecule is CCOc1ccc([C@@H](C)NC(=O)c2ccc(C(F)(F)F)cc2)cc1. The van der Waals surface area contributed by atoms with Crippen LogP contribution in [0.4, 0.5) is 13.2 Å². The molecule has 0 aromatic heterocycles. The van der Waals surface area contributed by atoms with Gasteiger partial charge in [0.2, 0.25) is 0 Å². The smallest absolute Gasteiger partial charge is 0.416 e. The zero-order chi connectivity index (χ0) is 17.7. The number of carbonyl (C=O) groups excluding carboxylic acids is 1. The maximum absolute atomic E-state index is 12.5. The summed E-state index contributed by atoms with van der Waals surface area (Å²) in [6.45, 7) is 4.26. The minimum atomic E-state index is -4.41. The van der Waals surface area contributed by atoms with Crippen LogP contribution in [0, 0.1) is 0 Å². The predicted octanol–water partition coefficient (Wildman–Crippen LogP) is 4.60. The fourth-order valence-electron chi connectivity index (χ4n) is 2.19. The molecular weight excluding hydrogens is 319 g/mol. The maximum Gasteiger partial charge on any atom is 0.416 e. The zero-order valence-corrected chi connectivity index (χ0v) is 13.4. The molecule has 2 aromatic rings. The number of hydrogen-bond donors (Lipinski definition) is 1. The highest BCUT2D eigenvalue weighted by Crippen LogP contribution is 2.29. The Labute approximate surface area is 138 Å².